The van der Waals surface area contributed by atoms with Crippen LogP contribution in [0.4, 0.5) is 4.39 Å². The van der Waals surface area contributed by atoms with Crippen LogP contribution in [0.5, 0.6) is 0 Å². The highest BCUT2D eigenvalue weighted by molar-refractivity contribution is 6.30. The van der Waals surface area contributed by atoms with Crippen molar-refractivity contribution in [1.82, 2.24) is 0 Å². The minimum absolute atomic E-state index is 0.197. The van der Waals surface area contributed by atoms with Crippen molar-refractivity contribution >= 4 is 11.6 Å². The second kappa shape index (κ2) is 5.15. The third-order valence-corrected chi connectivity index (χ3v) is 1.90. The van der Waals surface area contributed by atoms with Gasteiger partial charge in [0, 0.05) is 0 Å². The predicted octanol–water partition coefficient (Wildman–Crippen LogP) is 4.12. The minimum Gasteiger partial charge on any atom is -0.205 e. The van der Waals surface area contributed by atoms with Crippen molar-refractivity contribution < 1.29 is 4.39 Å². The molecule has 0 unspecified atom stereocenters. The molecular formula is C10H14ClF. The van der Waals surface area contributed by atoms with E-state index in [0.717, 1.165) is 5.56 Å². The SMILES string of the molecule is CC.Cc1ccc(Cl)c(F)c1C. The molecular weight excluding hydrogens is 175 g/mol. The Morgan fingerprint density at radius 1 is 1.17 bits per heavy atom. The lowest BCUT2D eigenvalue weighted by Crippen LogP contribution is -1.86. The summed E-state index contributed by atoms with van der Waals surface area (Å²) in [7, 11) is 0. The molecule has 0 atom stereocenters. The van der Waals surface area contributed by atoms with E-state index in [-0.39, 0.29) is 10.8 Å². The summed E-state index contributed by atoms with van der Waals surface area (Å²) in [6.07, 6.45) is 0. The van der Waals surface area contributed by atoms with E-state index < -0.39 is 0 Å². The van der Waals surface area contributed by atoms with E-state index in [1.807, 2.05) is 20.8 Å². The molecule has 1 aromatic rings. The van der Waals surface area contributed by atoms with E-state index in [4.69, 9.17) is 11.6 Å². The van der Waals surface area contributed by atoms with Crippen LogP contribution in [0, 0.1) is 19.7 Å². The molecule has 1 rings (SSSR count). The van der Waals surface area contributed by atoms with Crippen LogP contribution in [-0.2, 0) is 0 Å². The molecule has 0 aliphatic heterocycles. The fraction of sp³-hybridized carbons (Fsp3) is 0.400. The van der Waals surface area contributed by atoms with Gasteiger partial charge in [-0.3, -0.25) is 0 Å². The van der Waals surface area contributed by atoms with Crippen LogP contribution in [0.25, 0.3) is 0 Å². The van der Waals surface area contributed by atoms with Gasteiger partial charge in [-0.25, -0.2) is 4.39 Å². The van der Waals surface area contributed by atoms with Crippen LogP contribution >= 0.6 is 11.6 Å². The average molecular weight is 189 g/mol. The molecule has 0 radical (unpaired) electrons. The van der Waals surface area contributed by atoms with Crippen LogP contribution in [0.1, 0.15) is 25.0 Å². The normalized spacial score (nSPS) is 8.83. The second-order valence-corrected chi connectivity index (χ2v) is 2.71. The Kier molecular flexibility index (Phi) is 4.91. The van der Waals surface area contributed by atoms with Crippen molar-refractivity contribution in [1.29, 1.82) is 0 Å². The Bertz CT molecular complexity index is 229. The maximum Gasteiger partial charge on any atom is 0.144 e. The lowest BCUT2D eigenvalue weighted by molar-refractivity contribution is 0.617. The molecule has 0 spiro atoms. The maximum atomic E-state index is 12.9. The third-order valence-electron chi connectivity index (χ3n) is 1.61. The Balaban J connectivity index is 0.000000561. The summed E-state index contributed by atoms with van der Waals surface area (Å²) in [4.78, 5) is 0. The van der Waals surface area contributed by atoms with Crippen LogP contribution in [0.3, 0.4) is 0 Å². The van der Waals surface area contributed by atoms with Crippen molar-refractivity contribution in [3.05, 3.63) is 34.1 Å². The number of halogens is 2. The van der Waals surface area contributed by atoms with Crippen molar-refractivity contribution in [2.75, 3.05) is 0 Å². The van der Waals surface area contributed by atoms with E-state index in [1.54, 1.807) is 19.1 Å². The van der Waals surface area contributed by atoms with E-state index in [0.29, 0.717) is 5.56 Å². The molecule has 0 aromatic heterocycles. The number of benzene rings is 1. The van der Waals surface area contributed by atoms with Gasteiger partial charge in [0.1, 0.15) is 5.82 Å². The zero-order valence-electron chi connectivity index (χ0n) is 7.91. The largest absolute Gasteiger partial charge is 0.205 e. The molecule has 2 heteroatoms. The summed E-state index contributed by atoms with van der Waals surface area (Å²) in [5.74, 6) is -0.304. The van der Waals surface area contributed by atoms with Crippen molar-refractivity contribution in [2.45, 2.75) is 27.7 Å². The summed E-state index contributed by atoms with van der Waals surface area (Å²) in [6, 6.07) is 3.37. The number of rotatable bonds is 0. The standard InChI is InChI=1S/C8H8ClF.C2H6/c1-5-3-4-7(9)8(10)6(5)2;1-2/h3-4H,1-2H3;1-2H3. The Morgan fingerprint density at radius 2 is 1.67 bits per heavy atom. The van der Waals surface area contributed by atoms with E-state index in [1.165, 1.54) is 0 Å². The van der Waals surface area contributed by atoms with Crippen molar-refractivity contribution in [2.24, 2.45) is 0 Å². The van der Waals surface area contributed by atoms with Gasteiger partial charge in [-0.15, -0.1) is 0 Å². The molecule has 12 heavy (non-hydrogen) atoms. The van der Waals surface area contributed by atoms with Crippen molar-refractivity contribution in [3.63, 3.8) is 0 Å². The topological polar surface area (TPSA) is 0 Å². The lowest BCUT2D eigenvalue weighted by Gasteiger charge is -2.01. The smallest absolute Gasteiger partial charge is 0.144 e. The predicted molar refractivity (Wildman–Crippen MR) is 52.2 cm³/mol. The molecule has 1 aromatic carbocycles. The average Bonchev–Trinajstić information content (AvgIpc) is 2.12. The molecule has 0 nitrogen and oxygen atoms in total. The summed E-state index contributed by atoms with van der Waals surface area (Å²) in [5, 5.41) is 0.197. The van der Waals surface area contributed by atoms with Crippen LogP contribution in [0.2, 0.25) is 5.02 Å². The molecule has 0 aliphatic carbocycles. The van der Waals surface area contributed by atoms with E-state index in [2.05, 4.69) is 0 Å². The minimum atomic E-state index is -0.304. The van der Waals surface area contributed by atoms with E-state index >= 15 is 0 Å². The zero-order chi connectivity index (χ0) is 9.72. The summed E-state index contributed by atoms with van der Waals surface area (Å²) in [6.45, 7) is 7.57. The molecule has 0 saturated carbocycles. The fourth-order valence-electron chi connectivity index (χ4n) is 0.749. The Hall–Kier alpha value is -0.560. The van der Waals surface area contributed by atoms with Gasteiger partial charge in [0.05, 0.1) is 5.02 Å². The number of hydrogen-bond donors (Lipinski definition) is 0. The van der Waals surface area contributed by atoms with Gasteiger partial charge in [0.2, 0.25) is 0 Å². The maximum absolute atomic E-state index is 12.9. The first-order valence-corrected chi connectivity index (χ1v) is 4.42. The molecule has 0 fully saturated rings. The van der Waals surface area contributed by atoms with Crippen molar-refractivity contribution in [3.8, 4) is 0 Å². The van der Waals surface area contributed by atoms with Gasteiger partial charge in [-0.05, 0) is 31.0 Å². The number of aryl methyl sites for hydroxylation is 1. The van der Waals surface area contributed by atoms with Gasteiger partial charge in [0.15, 0.2) is 0 Å². The first-order chi connectivity index (χ1) is 5.63. The third kappa shape index (κ3) is 2.49. The summed E-state index contributed by atoms with van der Waals surface area (Å²) in [5.41, 5.74) is 1.56. The highest BCUT2D eigenvalue weighted by Gasteiger charge is 2.03. The van der Waals surface area contributed by atoms with Gasteiger partial charge in [-0.1, -0.05) is 31.5 Å². The molecule has 0 N–H and O–H groups in total. The van der Waals surface area contributed by atoms with Gasteiger partial charge in [0.25, 0.3) is 0 Å². The van der Waals surface area contributed by atoms with E-state index in [9.17, 15) is 4.39 Å². The highest BCUT2D eigenvalue weighted by Crippen LogP contribution is 2.19. The van der Waals surface area contributed by atoms with Crippen LogP contribution < -0.4 is 0 Å². The van der Waals surface area contributed by atoms with Gasteiger partial charge in [-0.2, -0.15) is 0 Å². The molecule has 0 heterocycles. The lowest BCUT2D eigenvalue weighted by atomic mass is 10.1. The Morgan fingerprint density at radius 3 is 2.08 bits per heavy atom. The first kappa shape index (κ1) is 11.4. The second-order valence-electron chi connectivity index (χ2n) is 2.30. The molecule has 0 aliphatic rings. The molecule has 0 saturated heterocycles. The molecule has 0 bridgehead atoms. The first-order valence-electron chi connectivity index (χ1n) is 4.04. The van der Waals surface area contributed by atoms with Gasteiger partial charge >= 0.3 is 0 Å². The zero-order valence-corrected chi connectivity index (χ0v) is 8.67. The number of hydrogen-bond acceptors (Lipinski definition) is 0. The van der Waals surface area contributed by atoms with Gasteiger partial charge < -0.3 is 0 Å². The molecule has 68 valence electrons. The monoisotopic (exact) mass is 188 g/mol. The summed E-state index contributed by atoms with van der Waals surface area (Å²) < 4.78 is 12.9. The van der Waals surface area contributed by atoms with Crippen LogP contribution in [-0.4, -0.2) is 0 Å². The fourth-order valence-corrected chi connectivity index (χ4v) is 0.953. The quantitative estimate of drug-likeness (QED) is 0.575. The Labute approximate surface area is 78.4 Å². The summed E-state index contributed by atoms with van der Waals surface area (Å²) >= 11 is 5.51. The molecule has 0 amide bonds. The van der Waals surface area contributed by atoms with Crippen LogP contribution in [0.15, 0.2) is 12.1 Å². The highest BCUT2D eigenvalue weighted by atomic mass is 35.5.